The third-order valence-electron chi connectivity index (χ3n) is 2.53. The smallest absolute Gasteiger partial charge is 0.335 e. The molecule has 4 nitrogen and oxygen atoms in total. The fourth-order valence-electron chi connectivity index (χ4n) is 1.49. The molecule has 0 atom stereocenters. The first-order valence-electron chi connectivity index (χ1n) is 6.03. The third-order valence-corrected chi connectivity index (χ3v) is 2.53. The lowest BCUT2D eigenvalue weighted by Crippen LogP contribution is -2.32. The van der Waals surface area contributed by atoms with E-state index in [9.17, 15) is 13.2 Å². The van der Waals surface area contributed by atoms with Crippen LogP contribution in [0.5, 0.6) is 0 Å². The number of nitrogens with zero attached hydrogens (tertiary/aromatic N) is 3. The Kier molecular flexibility index (Phi) is 5.11. The van der Waals surface area contributed by atoms with Crippen LogP contribution in [0.15, 0.2) is 6.20 Å². The summed E-state index contributed by atoms with van der Waals surface area (Å²) in [6.07, 6.45) is -2.69. The molecule has 0 bridgehead atoms. The fraction of sp³-hybridized carbons (Fsp3) is 0.667. The van der Waals surface area contributed by atoms with Crippen LogP contribution in [0.25, 0.3) is 0 Å². The van der Waals surface area contributed by atoms with Gasteiger partial charge in [0.1, 0.15) is 6.54 Å². The molecule has 0 aliphatic rings. The van der Waals surface area contributed by atoms with Gasteiger partial charge in [-0.15, -0.1) is 0 Å². The van der Waals surface area contributed by atoms with E-state index in [1.54, 1.807) is 13.1 Å². The SMILES string of the molecule is Cc1nc(N(C)CC(F)(F)F)ncc1CNC(C)C. The normalized spacial score (nSPS) is 12.0. The summed E-state index contributed by atoms with van der Waals surface area (Å²) in [7, 11) is 1.33. The highest BCUT2D eigenvalue weighted by atomic mass is 19.4. The van der Waals surface area contributed by atoms with Gasteiger partial charge in [-0.25, -0.2) is 9.97 Å². The number of hydrogen-bond acceptors (Lipinski definition) is 4. The van der Waals surface area contributed by atoms with E-state index in [-0.39, 0.29) is 5.95 Å². The van der Waals surface area contributed by atoms with Crippen molar-refractivity contribution in [2.45, 2.75) is 39.5 Å². The average molecular weight is 276 g/mol. The molecule has 1 aromatic heterocycles. The van der Waals surface area contributed by atoms with Crippen molar-refractivity contribution in [1.82, 2.24) is 15.3 Å². The summed E-state index contributed by atoms with van der Waals surface area (Å²) in [5, 5.41) is 3.22. The maximum Gasteiger partial charge on any atom is 0.406 e. The summed E-state index contributed by atoms with van der Waals surface area (Å²) < 4.78 is 36.8. The van der Waals surface area contributed by atoms with Gasteiger partial charge in [-0.05, 0) is 6.92 Å². The Bertz CT molecular complexity index is 418. The molecule has 0 unspecified atom stereocenters. The summed E-state index contributed by atoms with van der Waals surface area (Å²) in [5.74, 6) is 0.0862. The molecule has 108 valence electrons. The van der Waals surface area contributed by atoms with Gasteiger partial charge in [0, 0.05) is 37.1 Å². The molecule has 0 aliphatic carbocycles. The second-order valence-electron chi connectivity index (χ2n) is 4.79. The van der Waals surface area contributed by atoms with Crippen LogP contribution in [-0.4, -0.2) is 35.8 Å². The molecule has 0 saturated heterocycles. The zero-order valence-electron chi connectivity index (χ0n) is 11.5. The Balaban J connectivity index is 2.76. The molecule has 1 heterocycles. The number of halogens is 3. The summed E-state index contributed by atoms with van der Waals surface area (Å²) in [6, 6.07) is 0.326. The topological polar surface area (TPSA) is 41.1 Å². The molecule has 19 heavy (non-hydrogen) atoms. The maximum atomic E-state index is 12.3. The van der Waals surface area contributed by atoms with Crippen LogP contribution in [0, 0.1) is 6.92 Å². The van der Waals surface area contributed by atoms with E-state index >= 15 is 0 Å². The van der Waals surface area contributed by atoms with Crippen LogP contribution in [0.4, 0.5) is 19.1 Å². The van der Waals surface area contributed by atoms with Crippen LogP contribution < -0.4 is 10.2 Å². The molecule has 0 amide bonds. The van der Waals surface area contributed by atoms with Crippen LogP contribution in [0.1, 0.15) is 25.1 Å². The first kappa shape index (κ1) is 15.7. The van der Waals surface area contributed by atoms with Crippen molar-refractivity contribution in [2.24, 2.45) is 0 Å². The van der Waals surface area contributed by atoms with E-state index in [1.807, 2.05) is 13.8 Å². The molecule has 0 aliphatic heterocycles. The van der Waals surface area contributed by atoms with Crippen molar-refractivity contribution in [3.63, 3.8) is 0 Å². The Hall–Kier alpha value is -1.37. The Morgan fingerprint density at radius 2 is 2.00 bits per heavy atom. The molecular formula is C12H19F3N4. The standard InChI is InChI=1S/C12H19F3N4/c1-8(2)16-5-10-6-17-11(18-9(10)3)19(4)7-12(13,14)15/h6,8,16H,5,7H2,1-4H3. The van der Waals surface area contributed by atoms with Gasteiger partial charge >= 0.3 is 6.18 Å². The quantitative estimate of drug-likeness (QED) is 0.896. The molecular weight excluding hydrogens is 257 g/mol. The highest BCUT2D eigenvalue weighted by Gasteiger charge is 2.30. The lowest BCUT2D eigenvalue weighted by Gasteiger charge is -2.19. The van der Waals surface area contributed by atoms with Crippen molar-refractivity contribution in [3.05, 3.63) is 17.5 Å². The Morgan fingerprint density at radius 1 is 1.37 bits per heavy atom. The van der Waals surface area contributed by atoms with Crippen molar-refractivity contribution >= 4 is 5.95 Å². The second kappa shape index (κ2) is 6.18. The lowest BCUT2D eigenvalue weighted by atomic mass is 10.2. The van der Waals surface area contributed by atoms with Crippen LogP contribution in [-0.2, 0) is 6.54 Å². The van der Waals surface area contributed by atoms with Gasteiger partial charge in [0.05, 0.1) is 0 Å². The van der Waals surface area contributed by atoms with Gasteiger partial charge in [0.15, 0.2) is 0 Å². The van der Waals surface area contributed by atoms with Gasteiger partial charge in [0.25, 0.3) is 0 Å². The number of alkyl halides is 3. The van der Waals surface area contributed by atoms with E-state index in [2.05, 4.69) is 15.3 Å². The highest BCUT2D eigenvalue weighted by molar-refractivity contribution is 5.32. The largest absolute Gasteiger partial charge is 0.406 e. The Morgan fingerprint density at radius 3 is 2.47 bits per heavy atom. The van der Waals surface area contributed by atoms with Gasteiger partial charge < -0.3 is 10.2 Å². The molecule has 0 aromatic carbocycles. The van der Waals surface area contributed by atoms with Crippen molar-refractivity contribution in [2.75, 3.05) is 18.5 Å². The number of aromatic nitrogens is 2. The van der Waals surface area contributed by atoms with E-state index < -0.39 is 12.7 Å². The Labute approximate surface area is 111 Å². The minimum atomic E-state index is -4.26. The number of hydrogen-bond donors (Lipinski definition) is 1. The molecule has 0 spiro atoms. The summed E-state index contributed by atoms with van der Waals surface area (Å²) >= 11 is 0. The van der Waals surface area contributed by atoms with Gasteiger partial charge in [0.2, 0.25) is 5.95 Å². The van der Waals surface area contributed by atoms with E-state index in [0.29, 0.717) is 18.3 Å². The number of nitrogens with one attached hydrogen (secondary N) is 1. The van der Waals surface area contributed by atoms with Gasteiger partial charge in [-0.1, -0.05) is 13.8 Å². The predicted molar refractivity (Wildman–Crippen MR) is 68.1 cm³/mol. The van der Waals surface area contributed by atoms with Crippen LogP contribution in [0.2, 0.25) is 0 Å². The summed E-state index contributed by atoms with van der Waals surface area (Å²) in [6.45, 7) is 5.34. The van der Waals surface area contributed by atoms with Crippen molar-refractivity contribution in [3.8, 4) is 0 Å². The molecule has 7 heteroatoms. The minimum Gasteiger partial charge on any atom is -0.335 e. The number of anilines is 1. The average Bonchev–Trinajstić information content (AvgIpc) is 2.24. The molecule has 1 N–H and O–H groups in total. The van der Waals surface area contributed by atoms with E-state index in [1.165, 1.54) is 7.05 Å². The number of rotatable bonds is 5. The second-order valence-corrected chi connectivity index (χ2v) is 4.79. The molecule has 0 saturated carbocycles. The van der Waals surface area contributed by atoms with Gasteiger partial charge in [-0.2, -0.15) is 13.2 Å². The lowest BCUT2D eigenvalue weighted by molar-refractivity contribution is -0.119. The van der Waals surface area contributed by atoms with Crippen molar-refractivity contribution in [1.29, 1.82) is 0 Å². The van der Waals surface area contributed by atoms with Gasteiger partial charge in [-0.3, -0.25) is 0 Å². The predicted octanol–water partition coefficient (Wildman–Crippen LogP) is 2.28. The molecule has 0 radical (unpaired) electrons. The number of aryl methyl sites for hydroxylation is 1. The first-order valence-corrected chi connectivity index (χ1v) is 6.03. The zero-order chi connectivity index (χ0) is 14.6. The molecule has 1 rings (SSSR count). The minimum absolute atomic E-state index is 0.0862. The monoisotopic (exact) mass is 276 g/mol. The third kappa shape index (κ3) is 5.42. The van der Waals surface area contributed by atoms with Crippen LogP contribution >= 0.6 is 0 Å². The molecule has 0 fully saturated rings. The first-order chi connectivity index (χ1) is 8.69. The van der Waals surface area contributed by atoms with Crippen LogP contribution in [0.3, 0.4) is 0 Å². The molecule has 1 aromatic rings. The summed E-state index contributed by atoms with van der Waals surface area (Å²) in [5.41, 5.74) is 1.57. The summed E-state index contributed by atoms with van der Waals surface area (Å²) in [4.78, 5) is 9.08. The van der Waals surface area contributed by atoms with E-state index in [4.69, 9.17) is 0 Å². The fourth-order valence-corrected chi connectivity index (χ4v) is 1.49. The zero-order valence-corrected chi connectivity index (χ0v) is 11.5. The highest BCUT2D eigenvalue weighted by Crippen LogP contribution is 2.18. The van der Waals surface area contributed by atoms with Crippen molar-refractivity contribution < 1.29 is 13.2 Å². The maximum absolute atomic E-state index is 12.3. The van der Waals surface area contributed by atoms with E-state index in [0.717, 1.165) is 10.5 Å².